The number of fused-ring (bicyclic) bond motifs is 1. The molecule has 170 valence electrons. The van der Waals surface area contributed by atoms with Gasteiger partial charge in [-0.15, -0.1) is 0 Å². The second-order valence-electron chi connectivity index (χ2n) is 7.81. The fraction of sp³-hybridized carbons (Fsp3) is 0.217. The van der Waals surface area contributed by atoms with Gasteiger partial charge in [0, 0.05) is 6.54 Å². The largest absolute Gasteiger partial charge is 0.496 e. The molecular formula is C23H23FN6O3. The number of hydrogen-bond acceptors (Lipinski definition) is 6. The van der Waals surface area contributed by atoms with E-state index in [1.165, 1.54) is 19.2 Å². The predicted molar refractivity (Wildman–Crippen MR) is 122 cm³/mol. The summed E-state index contributed by atoms with van der Waals surface area (Å²) in [5.74, 6) is -0.509. The first kappa shape index (κ1) is 22.0. The van der Waals surface area contributed by atoms with Gasteiger partial charge in [0.05, 0.1) is 29.4 Å². The smallest absolute Gasteiger partial charge is 0.275 e. The summed E-state index contributed by atoms with van der Waals surface area (Å²) in [6.45, 7) is 4.11. The topological polar surface area (TPSA) is 128 Å². The number of nitrogens with two attached hydrogens (primary N) is 1. The van der Waals surface area contributed by atoms with Crippen LogP contribution in [0.4, 0.5) is 10.2 Å². The van der Waals surface area contributed by atoms with Gasteiger partial charge in [0.1, 0.15) is 17.1 Å². The highest BCUT2D eigenvalue weighted by molar-refractivity contribution is 5.97. The van der Waals surface area contributed by atoms with Gasteiger partial charge < -0.3 is 15.8 Å². The number of nitrogens with zero attached hydrogens (tertiary/aromatic N) is 3. The minimum atomic E-state index is -0.523. The molecule has 0 unspecified atom stereocenters. The molecule has 0 spiro atoms. The summed E-state index contributed by atoms with van der Waals surface area (Å²) in [4.78, 5) is 24.9. The Kier molecular flexibility index (Phi) is 5.82. The number of ether oxygens (including phenoxy) is 1. The van der Waals surface area contributed by atoms with Crippen molar-refractivity contribution in [2.75, 3.05) is 12.8 Å². The predicted octanol–water partition coefficient (Wildman–Crippen LogP) is 2.89. The lowest BCUT2D eigenvalue weighted by molar-refractivity contribution is 0.0947. The van der Waals surface area contributed by atoms with Gasteiger partial charge in [-0.1, -0.05) is 26.0 Å². The third-order valence-corrected chi connectivity index (χ3v) is 5.25. The van der Waals surface area contributed by atoms with E-state index in [0.29, 0.717) is 22.3 Å². The summed E-state index contributed by atoms with van der Waals surface area (Å²) in [5, 5.41) is 14.1. The Morgan fingerprint density at radius 1 is 1.24 bits per heavy atom. The van der Waals surface area contributed by atoms with E-state index in [1.807, 2.05) is 26.0 Å². The Hall–Kier alpha value is -4.21. The average molecular weight is 450 g/mol. The van der Waals surface area contributed by atoms with Gasteiger partial charge in [0.25, 0.3) is 11.5 Å². The monoisotopic (exact) mass is 450 g/mol. The number of anilines is 1. The molecule has 4 N–H and O–H groups in total. The molecule has 2 aromatic heterocycles. The second-order valence-corrected chi connectivity index (χ2v) is 7.81. The van der Waals surface area contributed by atoms with E-state index in [1.54, 1.807) is 16.8 Å². The zero-order chi connectivity index (χ0) is 23.7. The summed E-state index contributed by atoms with van der Waals surface area (Å²) < 4.78 is 20.3. The maximum absolute atomic E-state index is 13.5. The van der Waals surface area contributed by atoms with Crippen LogP contribution in [0.2, 0.25) is 0 Å². The lowest BCUT2D eigenvalue weighted by atomic mass is 10.1. The number of carbonyl (C=O) groups excluding carboxylic acids is 1. The van der Waals surface area contributed by atoms with Crippen LogP contribution in [0.25, 0.3) is 16.6 Å². The minimum absolute atomic E-state index is 0.00551. The normalized spacial score (nSPS) is 11.2. The molecule has 10 heteroatoms. The third kappa shape index (κ3) is 4.14. The van der Waals surface area contributed by atoms with Crippen molar-refractivity contribution >= 4 is 22.6 Å². The number of benzene rings is 2. The van der Waals surface area contributed by atoms with E-state index in [9.17, 15) is 14.0 Å². The van der Waals surface area contributed by atoms with Crippen LogP contribution in [-0.4, -0.2) is 33.0 Å². The van der Waals surface area contributed by atoms with Crippen molar-refractivity contribution in [3.05, 3.63) is 75.5 Å². The minimum Gasteiger partial charge on any atom is -0.496 e. The summed E-state index contributed by atoms with van der Waals surface area (Å²) in [6, 6.07) is 11.0. The van der Waals surface area contributed by atoms with E-state index >= 15 is 0 Å². The van der Waals surface area contributed by atoms with Crippen molar-refractivity contribution in [1.29, 1.82) is 0 Å². The number of methoxy groups -OCH3 is 1. The number of halogens is 1. The number of carbonyl (C=O) groups is 1. The van der Waals surface area contributed by atoms with Gasteiger partial charge in [-0.25, -0.2) is 14.2 Å². The Morgan fingerprint density at radius 3 is 2.64 bits per heavy atom. The molecule has 4 rings (SSSR count). The number of aromatic amines is 1. The molecule has 0 aliphatic rings. The van der Waals surface area contributed by atoms with Gasteiger partial charge in [-0.3, -0.25) is 9.59 Å². The Bertz CT molecular complexity index is 1390. The van der Waals surface area contributed by atoms with E-state index in [-0.39, 0.29) is 35.2 Å². The maximum atomic E-state index is 13.5. The first-order valence-corrected chi connectivity index (χ1v) is 10.3. The summed E-state index contributed by atoms with van der Waals surface area (Å²) in [6.07, 6.45) is 0. The average Bonchev–Trinajstić information content (AvgIpc) is 3.22. The zero-order valence-electron chi connectivity index (χ0n) is 18.3. The molecule has 0 aliphatic carbocycles. The Labute approximate surface area is 188 Å². The van der Waals surface area contributed by atoms with Gasteiger partial charge in [0.15, 0.2) is 5.82 Å². The van der Waals surface area contributed by atoms with Crippen LogP contribution in [0, 0.1) is 5.82 Å². The lowest BCUT2D eigenvalue weighted by Gasteiger charge is -2.10. The molecule has 4 aromatic rings. The molecule has 9 nitrogen and oxygen atoms in total. The first-order chi connectivity index (χ1) is 15.8. The van der Waals surface area contributed by atoms with E-state index < -0.39 is 11.7 Å². The van der Waals surface area contributed by atoms with Crippen molar-refractivity contribution in [1.82, 2.24) is 25.3 Å². The van der Waals surface area contributed by atoms with Gasteiger partial charge in [0.2, 0.25) is 0 Å². The summed E-state index contributed by atoms with van der Waals surface area (Å²) in [7, 11) is 1.42. The molecule has 0 aliphatic heterocycles. The van der Waals surface area contributed by atoms with Crippen molar-refractivity contribution in [2.45, 2.75) is 26.3 Å². The van der Waals surface area contributed by atoms with Crippen LogP contribution in [0.5, 0.6) is 5.75 Å². The fourth-order valence-electron chi connectivity index (χ4n) is 3.60. The number of nitrogens with one attached hydrogen (secondary N) is 2. The number of H-pyrrole nitrogens is 1. The first-order valence-electron chi connectivity index (χ1n) is 10.3. The number of nitrogen functional groups attached to an aromatic ring is 1. The number of hydrogen-bond donors (Lipinski definition) is 3. The number of amides is 1. The highest BCUT2D eigenvalue weighted by atomic mass is 19.1. The standard InChI is InChI=1S/C23H23FN6O3/c1-12(2)19-18-20(21(25)27-28-23(18)32)30(29-19)15-7-4-13(5-8-15)11-26-22(31)16-10-14(24)6-9-17(16)33-3/h4-10,12H,11H2,1-3H3,(H2,25,27)(H,26,31)(H,28,32). The van der Waals surface area contributed by atoms with E-state index in [4.69, 9.17) is 10.5 Å². The van der Waals surface area contributed by atoms with Crippen LogP contribution in [0.15, 0.2) is 47.3 Å². The van der Waals surface area contributed by atoms with Crippen LogP contribution in [0.1, 0.15) is 41.4 Å². The number of rotatable bonds is 6. The van der Waals surface area contributed by atoms with E-state index in [2.05, 4.69) is 20.6 Å². The zero-order valence-corrected chi connectivity index (χ0v) is 18.3. The molecule has 1 amide bonds. The van der Waals surface area contributed by atoms with E-state index in [0.717, 1.165) is 11.6 Å². The van der Waals surface area contributed by atoms with Crippen molar-refractivity contribution in [2.24, 2.45) is 0 Å². The highest BCUT2D eigenvalue weighted by Crippen LogP contribution is 2.27. The Balaban J connectivity index is 1.59. The second kappa shape index (κ2) is 8.73. The molecule has 2 aromatic carbocycles. The molecule has 33 heavy (non-hydrogen) atoms. The SMILES string of the molecule is COc1ccc(F)cc1C(=O)NCc1ccc(-n2nc(C(C)C)c3c(=O)[nH]nc(N)c32)cc1. The quantitative estimate of drug-likeness (QED) is 0.414. The van der Waals surface area contributed by atoms with Crippen molar-refractivity contribution in [3.63, 3.8) is 0 Å². The van der Waals surface area contributed by atoms with Crippen LogP contribution >= 0.6 is 0 Å². The molecule has 0 radical (unpaired) electrons. The van der Waals surface area contributed by atoms with Crippen LogP contribution < -0.4 is 21.3 Å². The molecule has 0 saturated carbocycles. The van der Waals surface area contributed by atoms with Crippen LogP contribution in [-0.2, 0) is 6.54 Å². The molecule has 0 atom stereocenters. The third-order valence-electron chi connectivity index (χ3n) is 5.25. The van der Waals surface area contributed by atoms with Crippen molar-refractivity contribution < 1.29 is 13.9 Å². The molecule has 0 fully saturated rings. The van der Waals surface area contributed by atoms with Gasteiger partial charge >= 0.3 is 0 Å². The van der Waals surface area contributed by atoms with Crippen LogP contribution in [0.3, 0.4) is 0 Å². The molecule has 0 saturated heterocycles. The summed E-state index contributed by atoms with van der Waals surface area (Å²) in [5.41, 5.74) is 8.39. The van der Waals surface area contributed by atoms with Gasteiger partial charge in [-0.05, 0) is 41.8 Å². The molecule has 0 bridgehead atoms. The van der Waals surface area contributed by atoms with Gasteiger partial charge in [-0.2, -0.15) is 10.2 Å². The maximum Gasteiger partial charge on any atom is 0.275 e. The van der Waals surface area contributed by atoms with Crippen molar-refractivity contribution in [3.8, 4) is 11.4 Å². The lowest BCUT2D eigenvalue weighted by Crippen LogP contribution is -2.23. The highest BCUT2D eigenvalue weighted by Gasteiger charge is 2.20. The Morgan fingerprint density at radius 2 is 1.97 bits per heavy atom. The molecular weight excluding hydrogens is 427 g/mol. The number of aromatic nitrogens is 4. The molecule has 2 heterocycles. The summed E-state index contributed by atoms with van der Waals surface area (Å²) >= 11 is 0. The fourth-order valence-corrected chi connectivity index (χ4v) is 3.60.